The number of aliphatic hydroxyl groups is 1. The van der Waals surface area contributed by atoms with Crippen LogP contribution in [0.15, 0.2) is 54.9 Å². The van der Waals surface area contributed by atoms with Crippen molar-refractivity contribution in [2.24, 2.45) is 0 Å². The van der Waals surface area contributed by atoms with E-state index < -0.39 is 6.10 Å². The first kappa shape index (κ1) is 17.1. The second-order valence-electron chi connectivity index (χ2n) is 6.35. The Kier molecular flexibility index (Phi) is 5.11. The predicted octanol–water partition coefficient (Wildman–Crippen LogP) is 2.21. The van der Waals surface area contributed by atoms with Crippen LogP contribution in [0.5, 0.6) is 0 Å². The van der Waals surface area contributed by atoms with Gasteiger partial charge in [-0.05, 0) is 30.9 Å². The van der Waals surface area contributed by atoms with Gasteiger partial charge in [-0.15, -0.1) is 0 Å². The summed E-state index contributed by atoms with van der Waals surface area (Å²) in [5, 5.41) is 19.0. The Labute approximate surface area is 146 Å². The number of likely N-dealkylation sites (N-methyl/N-ethyl adjacent to an activating group) is 1. The second kappa shape index (κ2) is 7.46. The van der Waals surface area contributed by atoms with Gasteiger partial charge in [0.2, 0.25) is 0 Å². The summed E-state index contributed by atoms with van der Waals surface area (Å²) in [6.45, 7) is 0.930. The van der Waals surface area contributed by atoms with Crippen molar-refractivity contribution in [3.05, 3.63) is 60.4 Å². The fourth-order valence-corrected chi connectivity index (χ4v) is 2.84. The Morgan fingerprint density at radius 2 is 2.00 bits per heavy atom. The first-order valence-electron chi connectivity index (χ1n) is 8.17. The summed E-state index contributed by atoms with van der Waals surface area (Å²) in [6, 6.07) is 13.5. The maximum absolute atomic E-state index is 12.6. The summed E-state index contributed by atoms with van der Waals surface area (Å²) in [6.07, 6.45) is 2.80. The normalized spacial score (nSPS) is 12.5. The fraction of sp³-hybridized carbons (Fsp3) is 0.263. The van der Waals surface area contributed by atoms with Crippen LogP contribution >= 0.6 is 0 Å². The number of nitrogens with zero attached hydrogens (tertiary/aromatic N) is 3. The van der Waals surface area contributed by atoms with Crippen molar-refractivity contribution in [1.82, 2.24) is 14.7 Å². The quantitative estimate of drug-likeness (QED) is 0.723. The van der Waals surface area contributed by atoms with Gasteiger partial charge in [0.05, 0.1) is 24.5 Å². The number of hydrogen-bond acceptors (Lipinski definition) is 4. The summed E-state index contributed by atoms with van der Waals surface area (Å²) >= 11 is 0. The number of rotatable bonds is 6. The van der Waals surface area contributed by atoms with E-state index in [9.17, 15) is 9.90 Å². The number of amides is 1. The van der Waals surface area contributed by atoms with E-state index in [-0.39, 0.29) is 5.91 Å². The minimum Gasteiger partial charge on any atom is -0.390 e. The standard InChI is InChI=1S/C19H22N4O2/c1-22(2)12-16(24)13-23-11-15(10-20-23)21-19(25)18-9-5-7-14-6-3-4-8-17(14)18/h3-11,16,24H,12-13H2,1-2H3,(H,21,25). The van der Waals surface area contributed by atoms with Crippen LogP contribution in [-0.2, 0) is 6.54 Å². The maximum Gasteiger partial charge on any atom is 0.256 e. The zero-order valence-corrected chi connectivity index (χ0v) is 14.4. The lowest BCUT2D eigenvalue weighted by Crippen LogP contribution is -2.29. The van der Waals surface area contributed by atoms with Gasteiger partial charge in [-0.2, -0.15) is 5.10 Å². The number of carbonyl (C=O) groups excluding carboxylic acids is 1. The van der Waals surface area contributed by atoms with Gasteiger partial charge in [-0.1, -0.05) is 36.4 Å². The zero-order chi connectivity index (χ0) is 17.8. The second-order valence-corrected chi connectivity index (χ2v) is 6.35. The van der Waals surface area contributed by atoms with Gasteiger partial charge < -0.3 is 15.3 Å². The van der Waals surface area contributed by atoms with Gasteiger partial charge in [-0.25, -0.2) is 0 Å². The SMILES string of the molecule is CN(C)CC(O)Cn1cc(NC(=O)c2cccc3ccccc23)cn1. The highest BCUT2D eigenvalue weighted by molar-refractivity contribution is 6.12. The van der Waals surface area contributed by atoms with E-state index in [1.807, 2.05) is 61.5 Å². The highest BCUT2D eigenvalue weighted by Gasteiger charge is 2.12. The highest BCUT2D eigenvalue weighted by Crippen LogP contribution is 2.19. The van der Waals surface area contributed by atoms with E-state index in [1.165, 1.54) is 0 Å². The Morgan fingerprint density at radius 3 is 2.80 bits per heavy atom. The molecule has 0 radical (unpaired) electrons. The van der Waals surface area contributed by atoms with E-state index in [4.69, 9.17) is 0 Å². The molecule has 0 aliphatic rings. The van der Waals surface area contributed by atoms with E-state index in [0.717, 1.165) is 10.8 Å². The minimum absolute atomic E-state index is 0.176. The molecule has 2 aromatic carbocycles. The molecule has 6 nitrogen and oxygen atoms in total. The van der Waals surface area contributed by atoms with Crippen molar-refractivity contribution in [2.45, 2.75) is 12.6 Å². The smallest absolute Gasteiger partial charge is 0.256 e. The van der Waals surface area contributed by atoms with Crippen LogP contribution in [0.1, 0.15) is 10.4 Å². The van der Waals surface area contributed by atoms with Crippen LogP contribution in [0.25, 0.3) is 10.8 Å². The molecule has 0 bridgehead atoms. The number of aliphatic hydroxyl groups excluding tert-OH is 1. The molecule has 1 atom stereocenters. The Balaban J connectivity index is 1.71. The molecule has 3 aromatic rings. The summed E-state index contributed by atoms with van der Waals surface area (Å²) < 4.78 is 1.63. The number of anilines is 1. The molecular weight excluding hydrogens is 316 g/mol. The van der Waals surface area contributed by atoms with E-state index in [2.05, 4.69) is 10.4 Å². The topological polar surface area (TPSA) is 70.4 Å². The average molecular weight is 338 g/mol. The Hall–Kier alpha value is -2.70. The summed E-state index contributed by atoms with van der Waals surface area (Å²) in [4.78, 5) is 14.5. The molecule has 0 aliphatic heterocycles. The third-order valence-corrected chi connectivity index (χ3v) is 3.90. The largest absolute Gasteiger partial charge is 0.390 e. The first-order chi connectivity index (χ1) is 12.0. The Morgan fingerprint density at radius 1 is 1.24 bits per heavy atom. The molecule has 0 aliphatic carbocycles. The van der Waals surface area contributed by atoms with Crippen LogP contribution in [0.3, 0.4) is 0 Å². The molecule has 1 heterocycles. The zero-order valence-electron chi connectivity index (χ0n) is 14.4. The highest BCUT2D eigenvalue weighted by atomic mass is 16.3. The van der Waals surface area contributed by atoms with Gasteiger partial charge in [0.1, 0.15) is 0 Å². The van der Waals surface area contributed by atoms with Crippen molar-refractivity contribution in [3.63, 3.8) is 0 Å². The fourth-order valence-electron chi connectivity index (χ4n) is 2.84. The van der Waals surface area contributed by atoms with Crippen molar-refractivity contribution in [2.75, 3.05) is 26.0 Å². The first-order valence-corrected chi connectivity index (χ1v) is 8.17. The number of hydrogen-bond donors (Lipinski definition) is 2. The van der Waals surface area contributed by atoms with E-state index in [0.29, 0.717) is 24.3 Å². The van der Waals surface area contributed by atoms with E-state index >= 15 is 0 Å². The van der Waals surface area contributed by atoms with Gasteiger partial charge in [0, 0.05) is 18.3 Å². The summed E-state index contributed by atoms with van der Waals surface area (Å²) in [7, 11) is 3.81. The molecule has 0 fully saturated rings. The minimum atomic E-state index is -0.517. The van der Waals surface area contributed by atoms with Crippen LogP contribution in [0.4, 0.5) is 5.69 Å². The van der Waals surface area contributed by atoms with Gasteiger partial charge >= 0.3 is 0 Å². The molecule has 6 heteroatoms. The molecule has 130 valence electrons. The molecule has 1 unspecified atom stereocenters. The summed E-state index contributed by atoms with van der Waals surface area (Å²) in [5.74, 6) is -0.176. The lowest BCUT2D eigenvalue weighted by atomic mass is 10.0. The third kappa shape index (κ3) is 4.23. The molecule has 25 heavy (non-hydrogen) atoms. The van der Waals surface area contributed by atoms with Crippen molar-refractivity contribution >= 4 is 22.4 Å². The number of aromatic nitrogens is 2. The molecule has 1 amide bonds. The van der Waals surface area contributed by atoms with E-state index in [1.54, 1.807) is 17.1 Å². The molecule has 0 spiro atoms. The monoisotopic (exact) mass is 338 g/mol. The lowest BCUT2D eigenvalue weighted by Gasteiger charge is -2.15. The van der Waals surface area contributed by atoms with Crippen molar-refractivity contribution < 1.29 is 9.90 Å². The van der Waals surface area contributed by atoms with Crippen LogP contribution in [-0.4, -0.2) is 52.4 Å². The van der Waals surface area contributed by atoms with Gasteiger partial charge in [-0.3, -0.25) is 9.48 Å². The van der Waals surface area contributed by atoms with Crippen LogP contribution < -0.4 is 5.32 Å². The lowest BCUT2D eigenvalue weighted by molar-refractivity contribution is 0.102. The number of nitrogens with one attached hydrogen (secondary N) is 1. The summed E-state index contributed by atoms with van der Waals surface area (Å²) in [5.41, 5.74) is 1.23. The average Bonchev–Trinajstić information content (AvgIpc) is 3.00. The molecule has 0 saturated heterocycles. The third-order valence-electron chi connectivity index (χ3n) is 3.90. The molecule has 0 saturated carbocycles. The van der Waals surface area contributed by atoms with Gasteiger partial charge in [0.25, 0.3) is 5.91 Å². The van der Waals surface area contributed by atoms with Gasteiger partial charge in [0.15, 0.2) is 0 Å². The predicted molar refractivity (Wildman–Crippen MR) is 98.7 cm³/mol. The molecule has 3 rings (SSSR count). The van der Waals surface area contributed by atoms with Crippen LogP contribution in [0, 0.1) is 0 Å². The van der Waals surface area contributed by atoms with Crippen molar-refractivity contribution in [1.29, 1.82) is 0 Å². The Bertz CT molecular complexity index is 867. The molecular formula is C19H22N4O2. The number of benzene rings is 2. The van der Waals surface area contributed by atoms with Crippen molar-refractivity contribution in [3.8, 4) is 0 Å². The molecule has 1 aromatic heterocycles. The molecule has 2 N–H and O–H groups in total. The number of fused-ring (bicyclic) bond motifs is 1. The number of carbonyl (C=O) groups is 1. The maximum atomic E-state index is 12.6. The van der Waals surface area contributed by atoms with Crippen LogP contribution in [0.2, 0.25) is 0 Å².